The van der Waals surface area contributed by atoms with Crippen molar-refractivity contribution >= 4 is 6.29 Å². The minimum Gasteiger partial charge on any atom is -0.298 e. The molecule has 0 spiro atoms. The summed E-state index contributed by atoms with van der Waals surface area (Å²) in [6, 6.07) is 12.6. The summed E-state index contributed by atoms with van der Waals surface area (Å²) in [7, 11) is 0. The van der Waals surface area contributed by atoms with E-state index in [1.807, 2.05) is 26.0 Å². The number of rotatable bonds is 2. The highest BCUT2D eigenvalue weighted by Gasteiger charge is 2.15. The molecule has 1 heteroatoms. The van der Waals surface area contributed by atoms with Crippen molar-refractivity contribution in [2.45, 2.75) is 53.9 Å². The molecule has 118 valence electrons. The average Bonchev–Trinajstić information content (AvgIpc) is 2.50. The molecule has 0 aliphatic rings. The van der Waals surface area contributed by atoms with Crippen LogP contribution in [-0.2, 0) is 5.41 Å². The van der Waals surface area contributed by atoms with Gasteiger partial charge in [-0.25, -0.2) is 0 Å². The van der Waals surface area contributed by atoms with E-state index >= 15 is 0 Å². The van der Waals surface area contributed by atoms with Crippen LogP contribution in [0.25, 0.3) is 11.1 Å². The lowest BCUT2D eigenvalue weighted by Crippen LogP contribution is -2.11. The first-order chi connectivity index (χ1) is 10.3. The van der Waals surface area contributed by atoms with Crippen LogP contribution < -0.4 is 0 Å². The molecule has 0 unspecified atom stereocenters. The van der Waals surface area contributed by atoms with Crippen LogP contribution in [0.2, 0.25) is 0 Å². The summed E-state index contributed by atoms with van der Waals surface area (Å²) >= 11 is 0. The summed E-state index contributed by atoms with van der Waals surface area (Å²) in [4.78, 5) is 11.2. The second-order valence-corrected chi connectivity index (χ2v) is 6.51. The third-order valence-corrected chi connectivity index (χ3v) is 3.80. The van der Waals surface area contributed by atoms with Crippen molar-refractivity contribution in [3.63, 3.8) is 0 Å². The molecular formula is C21H28O. The fourth-order valence-corrected chi connectivity index (χ4v) is 2.24. The van der Waals surface area contributed by atoms with Gasteiger partial charge in [-0.05, 0) is 59.2 Å². The van der Waals surface area contributed by atoms with Crippen molar-refractivity contribution in [1.82, 2.24) is 0 Å². The van der Waals surface area contributed by atoms with Crippen LogP contribution >= 0.6 is 0 Å². The number of carbonyl (C=O) groups excluding carboxylic acids is 1. The van der Waals surface area contributed by atoms with E-state index in [9.17, 15) is 4.79 Å². The van der Waals surface area contributed by atoms with Gasteiger partial charge in [0, 0.05) is 5.56 Å². The lowest BCUT2D eigenvalue weighted by atomic mass is 9.84. The minimum atomic E-state index is 0.0352. The summed E-state index contributed by atoms with van der Waals surface area (Å²) in [5.41, 5.74) is 6.81. The maximum absolute atomic E-state index is 11.2. The lowest BCUT2D eigenvalue weighted by molar-refractivity contribution is 0.112. The van der Waals surface area contributed by atoms with Crippen LogP contribution in [0.1, 0.15) is 61.7 Å². The molecule has 0 aromatic heterocycles. The topological polar surface area (TPSA) is 17.1 Å². The number of benzene rings is 2. The molecular weight excluding hydrogens is 268 g/mol. The lowest BCUT2D eigenvalue weighted by Gasteiger charge is -2.21. The Morgan fingerprint density at radius 3 is 1.95 bits per heavy atom. The van der Waals surface area contributed by atoms with Gasteiger partial charge in [-0.2, -0.15) is 0 Å². The van der Waals surface area contributed by atoms with Crippen molar-refractivity contribution in [1.29, 1.82) is 0 Å². The molecule has 0 heterocycles. The molecule has 2 aromatic carbocycles. The number of carbonyl (C=O) groups is 1. The van der Waals surface area contributed by atoms with Gasteiger partial charge in [-0.3, -0.25) is 4.79 Å². The maximum atomic E-state index is 11.2. The summed E-state index contributed by atoms with van der Waals surface area (Å²) in [5, 5.41) is 0. The van der Waals surface area contributed by atoms with Crippen molar-refractivity contribution in [2.75, 3.05) is 0 Å². The fourth-order valence-electron chi connectivity index (χ4n) is 2.24. The van der Waals surface area contributed by atoms with Gasteiger partial charge in [0.25, 0.3) is 0 Å². The highest BCUT2D eigenvalue weighted by atomic mass is 16.1. The Hall–Kier alpha value is -1.89. The van der Waals surface area contributed by atoms with E-state index < -0.39 is 0 Å². The SMILES string of the molecule is CC.Cc1ccc(-c2cc(C=O)cc(C(C)(C)C)c2)cc1C. The highest BCUT2D eigenvalue weighted by molar-refractivity contribution is 5.80. The Kier molecular flexibility index (Phi) is 6.11. The van der Waals surface area contributed by atoms with Gasteiger partial charge in [0.2, 0.25) is 0 Å². The number of aryl methyl sites for hydroxylation is 2. The predicted molar refractivity (Wildman–Crippen MR) is 96.8 cm³/mol. The first-order valence-corrected chi connectivity index (χ1v) is 7.99. The van der Waals surface area contributed by atoms with Gasteiger partial charge in [0.05, 0.1) is 0 Å². The summed E-state index contributed by atoms with van der Waals surface area (Å²) in [6.45, 7) is 14.7. The monoisotopic (exact) mass is 296 g/mol. The molecule has 0 aliphatic carbocycles. The van der Waals surface area contributed by atoms with Gasteiger partial charge in [-0.1, -0.05) is 58.9 Å². The second kappa shape index (κ2) is 7.40. The van der Waals surface area contributed by atoms with Crippen molar-refractivity contribution in [3.05, 3.63) is 58.7 Å². The van der Waals surface area contributed by atoms with Crippen LogP contribution in [0.3, 0.4) is 0 Å². The molecule has 0 radical (unpaired) electrons. The average molecular weight is 296 g/mol. The maximum Gasteiger partial charge on any atom is 0.150 e. The van der Waals surface area contributed by atoms with E-state index in [-0.39, 0.29) is 5.41 Å². The molecule has 1 nitrogen and oxygen atoms in total. The summed E-state index contributed by atoms with van der Waals surface area (Å²) < 4.78 is 0. The van der Waals surface area contributed by atoms with Crippen LogP contribution in [0.4, 0.5) is 0 Å². The fraction of sp³-hybridized carbons (Fsp3) is 0.381. The van der Waals surface area contributed by atoms with Crippen LogP contribution in [0.15, 0.2) is 36.4 Å². The molecule has 0 fully saturated rings. The smallest absolute Gasteiger partial charge is 0.150 e. The summed E-state index contributed by atoms with van der Waals surface area (Å²) in [5.74, 6) is 0. The molecule has 2 rings (SSSR count). The molecule has 0 aliphatic heterocycles. The largest absolute Gasteiger partial charge is 0.298 e. The van der Waals surface area contributed by atoms with Crippen molar-refractivity contribution in [3.8, 4) is 11.1 Å². The molecule has 0 bridgehead atoms. The molecule has 0 amide bonds. The third kappa shape index (κ3) is 4.30. The van der Waals surface area contributed by atoms with E-state index in [2.05, 4.69) is 58.9 Å². The second-order valence-electron chi connectivity index (χ2n) is 6.51. The molecule has 2 aromatic rings. The van der Waals surface area contributed by atoms with Gasteiger partial charge in [-0.15, -0.1) is 0 Å². The molecule has 0 N–H and O–H groups in total. The first kappa shape index (κ1) is 18.2. The Bertz CT molecular complexity index is 645. The van der Waals surface area contributed by atoms with Crippen LogP contribution in [0.5, 0.6) is 0 Å². The van der Waals surface area contributed by atoms with Crippen molar-refractivity contribution < 1.29 is 4.79 Å². The Morgan fingerprint density at radius 2 is 1.45 bits per heavy atom. The zero-order valence-corrected chi connectivity index (χ0v) is 14.9. The Morgan fingerprint density at radius 1 is 0.818 bits per heavy atom. The standard InChI is InChI=1S/C19H22O.C2H6/c1-13-6-7-16(8-14(13)2)17-9-15(12-20)10-18(11-17)19(3,4)5;1-2/h6-12H,1-5H3;1-2H3. The van der Waals surface area contributed by atoms with Gasteiger partial charge >= 0.3 is 0 Å². The van der Waals surface area contributed by atoms with Gasteiger partial charge in [0.15, 0.2) is 0 Å². The Balaban J connectivity index is 0.00000116. The number of aldehydes is 1. The van der Waals surface area contributed by atoms with E-state index in [1.165, 1.54) is 22.3 Å². The van der Waals surface area contributed by atoms with Gasteiger partial charge in [0.1, 0.15) is 6.29 Å². The zero-order valence-electron chi connectivity index (χ0n) is 14.9. The quantitative estimate of drug-likeness (QED) is 0.611. The van der Waals surface area contributed by atoms with Crippen LogP contribution in [0, 0.1) is 13.8 Å². The van der Waals surface area contributed by atoms with E-state index in [4.69, 9.17) is 0 Å². The summed E-state index contributed by atoms with van der Waals surface area (Å²) in [6.07, 6.45) is 0.930. The van der Waals surface area contributed by atoms with Crippen molar-refractivity contribution in [2.24, 2.45) is 0 Å². The number of hydrogen-bond acceptors (Lipinski definition) is 1. The van der Waals surface area contributed by atoms with E-state index in [0.29, 0.717) is 0 Å². The third-order valence-electron chi connectivity index (χ3n) is 3.80. The first-order valence-electron chi connectivity index (χ1n) is 7.99. The zero-order chi connectivity index (χ0) is 16.9. The normalized spacial score (nSPS) is 10.7. The highest BCUT2D eigenvalue weighted by Crippen LogP contribution is 2.29. The van der Waals surface area contributed by atoms with E-state index in [1.54, 1.807) is 0 Å². The molecule has 0 saturated heterocycles. The Labute approximate surface area is 135 Å². The predicted octanol–water partition coefficient (Wildman–Crippen LogP) is 6.11. The van der Waals surface area contributed by atoms with Crippen LogP contribution in [-0.4, -0.2) is 6.29 Å². The van der Waals surface area contributed by atoms with E-state index in [0.717, 1.165) is 17.4 Å². The molecule has 0 atom stereocenters. The number of hydrogen-bond donors (Lipinski definition) is 0. The van der Waals surface area contributed by atoms with Gasteiger partial charge < -0.3 is 0 Å². The molecule has 0 saturated carbocycles. The minimum absolute atomic E-state index is 0.0352. The molecule has 22 heavy (non-hydrogen) atoms.